The molecule has 5 nitrogen and oxygen atoms in total. The van der Waals surface area contributed by atoms with Gasteiger partial charge in [0.1, 0.15) is 17.2 Å². The molecule has 0 saturated carbocycles. The van der Waals surface area contributed by atoms with Crippen molar-refractivity contribution in [1.29, 1.82) is 0 Å². The van der Waals surface area contributed by atoms with Crippen LogP contribution in [0.3, 0.4) is 0 Å². The summed E-state index contributed by atoms with van der Waals surface area (Å²) in [7, 11) is -1.21. The highest BCUT2D eigenvalue weighted by Gasteiger charge is 2.32. The van der Waals surface area contributed by atoms with Gasteiger partial charge in [0.15, 0.2) is 17.5 Å². The van der Waals surface area contributed by atoms with E-state index >= 15 is 0 Å². The molecule has 2 aromatic rings. The Morgan fingerprint density at radius 3 is 2.52 bits per heavy atom. The Balaban J connectivity index is 1.71. The number of hydrogen-bond donors (Lipinski definition) is 0. The van der Waals surface area contributed by atoms with E-state index < -0.39 is 31.4 Å². The minimum atomic E-state index is -1.50. The maximum absolute atomic E-state index is 13.6. The molecule has 1 amide bonds. The minimum Gasteiger partial charge on any atom is -0.359 e. The number of aromatic nitrogens is 2. The summed E-state index contributed by atoms with van der Waals surface area (Å²) in [6.07, 6.45) is 1.48. The number of benzene rings is 1. The second-order valence-corrected chi connectivity index (χ2v) is 15.5. The molecule has 1 aliphatic heterocycles. The predicted octanol–water partition coefficient (Wildman–Crippen LogP) is 5.36. The van der Waals surface area contributed by atoms with E-state index in [9.17, 15) is 18.0 Å². The molecule has 10 heteroatoms. The van der Waals surface area contributed by atoms with Gasteiger partial charge in [0.05, 0.1) is 0 Å². The first kappa shape index (κ1) is 24.0. The zero-order valence-electron chi connectivity index (χ0n) is 17.9. The fraction of sp³-hybridized carbons (Fsp3) is 0.524. The molecule has 0 N–H and O–H groups in total. The molecule has 1 aromatic heterocycles. The van der Waals surface area contributed by atoms with Crippen LogP contribution in [0.1, 0.15) is 18.4 Å². The maximum atomic E-state index is 13.6. The summed E-state index contributed by atoms with van der Waals surface area (Å²) in [5.41, 5.74) is 0.265. The third-order valence-corrected chi connectivity index (χ3v) is 7.38. The summed E-state index contributed by atoms with van der Waals surface area (Å²) in [5.74, 6) is -3.96. The lowest BCUT2D eigenvalue weighted by atomic mass is 9.90. The normalized spacial score (nSPS) is 17.5. The van der Waals surface area contributed by atoms with Crippen molar-refractivity contribution < 1.29 is 22.7 Å². The molecule has 1 aromatic carbocycles. The highest BCUT2D eigenvalue weighted by atomic mass is 79.9. The monoisotopic (exact) mass is 517 g/mol. The molecule has 2 heterocycles. The molecule has 1 fully saturated rings. The van der Waals surface area contributed by atoms with Crippen molar-refractivity contribution in [2.24, 2.45) is 5.92 Å². The lowest BCUT2D eigenvalue weighted by Crippen LogP contribution is -2.43. The summed E-state index contributed by atoms with van der Waals surface area (Å²) in [5, 5.41) is 4.38. The highest BCUT2D eigenvalue weighted by molar-refractivity contribution is 9.10. The minimum absolute atomic E-state index is 0.144. The van der Waals surface area contributed by atoms with Crippen LogP contribution < -0.4 is 4.90 Å². The van der Waals surface area contributed by atoms with E-state index in [1.807, 2.05) is 0 Å². The van der Waals surface area contributed by atoms with E-state index in [0.29, 0.717) is 30.0 Å². The van der Waals surface area contributed by atoms with Crippen LogP contribution in [0.5, 0.6) is 0 Å². The number of anilines is 1. The van der Waals surface area contributed by atoms with Crippen LogP contribution in [0, 0.1) is 23.4 Å². The van der Waals surface area contributed by atoms with Crippen molar-refractivity contribution >= 4 is 35.7 Å². The number of carbonyl (C=O) groups is 1. The van der Waals surface area contributed by atoms with E-state index in [1.54, 1.807) is 15.6 Å². The van der Waals surface area contributed by atoms with Gasteiger partial charge in [0.2, 0.25) is 5.91 Å². The molecule has 0 bridgehead atoms. The summed E-state index contributed by atoms with van der Waals surface area (Å²) < 4.78 is 48.4. The summed E-state index contributed by atoms with van der Waals surface area (Å²) in [6, 6.07) is 4.70. The van der Waals surface area contributed by atoms with Crippen LogP contribution in [0.4, 0.5) is 19.0 Å². The van der Waals surface area contributed by atoms with Gasteiger partial charge < -0.3 is 4.74 Å². The van der Waals surface area contributed by atoms with E-state index in [1.165, 1.54) is 0 Å². The van der Waals surface area contributed by atoms with Gasteiger partial charge in [-0.05, 0) is 58.9 Å². The number of amides is 1. The number of rotatable bonds is 8. The van der Waals surface area contributed by atoms with Crippen LogP contribution in [0.25, 0.3) is 0 Å². The van der Waals surface area contributed by atoms with E-state index in [2.05, 4.69) is 40.7 Å². The first-order chi connectivity index (χ1) is 14.5. The van der Waals surface area contributed by atoms with Crippen LogP contribution in [-0.4, -0.2) is 36.9 Å². The second kappa shape index (κ2) is 9.87. The quantitative estimate of drug-likeness (QED) is 0.269. The molecule has 0 radical (unpaired) electrons. The van der Waals surface area contributed by atoms with Gasteiger partial charge in [0, 0.05) is 33.2 Å². The van der Waals surface area contributed by atoms with Crippen molar-refractivity contribution in [3.05, 3.63) is 45.8 Å². The van der Waals surface area contributed by atoms with E-state index in [-0.39, 0.29) is 24.6 Å². The Labute approximate surface area is 189 Å². The maximum Gasteiger partial charge on any atom is 0.231 e. The number of carbonyl (C=O) groups excluding carboxylic acids is 1. The fourth-order valence-corrected chi connectivity index (χ4v) is 4.75. The Kier molecular flexibility index (Phi) is 7.64. The Morgan fingerprint density at radius 1 is 1.19 bits per heavy atom. The molecule has 31 heavy (non-hydrogen) atoms. The number of nitrogens with zero attached hydrogens (tertiary/aromatic N) is 3. The van der Waals surface area contributed by atoms with Gasteiger partial charge in [-0.25, -0.2) is 17.9 Å². The number of hydrogen-bond acceptors (Lipinski definition) is 3. The van der Waals surface area contributed by atoms with Gasteiger partial charge >= 0.3 is 0 Å². The SMILES string of the molecule is C[Si](C)(C)CCOCn1nc(Br)cc1N1CCCC(Cc2cc(F)c(F)c(F)c2)C1=O. The van der Waals surface area contributed by atoms with Crippen molar-refractivity contribution in [3.63, 3.8) is 0 Å². The van der Waals surface area contributed by atoms with Crippen molar-refractivity contribution in [3.8, 4) is 0 Å². The zero-order valence-corrected chi connectivity index (χ0v) is 20.5. The second-order valence-electron chi connectivity index (χ2n) is 9.08. The molecule has 1 unspecified atom stereocenters. The average Bonchev–Trinajstić information content (AvgIpc) is 3.04. The Hall–Kier alpha value is -1.65. The van der Waals surface area contributed by atoms with E-state index in [0.717, 1.165) is 24.6 Å². The molecular weight excluding hydrogens is 491 g/mol. The smallest absolute Gasteiger partial charge is 0.231 e. The van der Waals surface area contributed by atoms with Gasteiger partial charge in [-0.15, -0.1) is 0 Å². The lowest BCUT2D eigenvalue weighted by Gasteiger charge is -2.32. The van der Waals surface area contributed by atoms with Crippen LogP contribution in [-0.2, 0) is 22.7 Å². The summed E-state index contributed by atoms with van der Waals surface area (Å²) in [6.45, 7) is 8.21. The first-order valence-electron chi connectivity index (χ1n) is 10.3. The van der Waals surface area contributed by atoms with Crippen molar-refractivity contribution in [2.75, 3.05) is 18.1 Å². The number of halogens is 4. The van der Waals surface area contributed by atoms with Gasteiger partial charge in [0.25, 0.3) is 0 Å². The summed E-state index contributed by atoms with van der Waals surface area (Å²) >= 11 is 3.36. The standard InChI is InChI=1S/C21H27BrF3N3O2Si/c1-31(2,3)8-7-30-13-28-19(12-18(22)26-28)27-6-4-5-15(21(27)29)9-14-10-16(23)20(25)17(24)11-14/h10-12,15H,4-9,13H2,1-3H3. The zero-order chi connectivity index (χ0) is 22.8. The molecule has 170 valence electrons. The van der Waals surface area contributed by atoms with Gasteiger partial charge in [-0.1, -0.05) is 19.6 Å². The van der Waals surface area contributed by atoms with Crippen molar-refractivity contribution in [1.82, 2.24) is 9.78 Å². The molecular formula is C21H27BrF3N3O2Si. The van der Waals surface area contributed by atoms with Gasteiger partial charge in [-0.3, -0.25) is 9.69 Å². The molecule has 0 aliphatic carbocycles. The third kappa shape index (κ3) is 6.20. The average molecular weight is 518 g/mol. The van der Waals surface area contributed by atoms with Crippen molar-refractivity contribution in [2.45, 2.75) is 51.7 Å². The van der Waals surface area contributed by atoms with Crippen LogP contribution in [0.15, 0.2) is 22.8 Å². The molecule has 3 rings (SSSR count). The lowest BCUT2D eigenvalue weighted by molar-refractivity contribution is -0.123. The predicted molar refractivity (Wildman–Crippen MR) is 119 cm³/mol. The van der Waals surface area contributed by atoms with Crippen LogP contribution in [0.2, 0.25) is 25.7 Å². The summed E-state index contributed by atoms with van der Waals surface area (Å²) in [4.78, 5) is 14.8. The highest BCUT2D eigenvalue weighted by Crippen LogP contribution is 2.29. The molecule has 1 aliphatic rings. The van der Waals surface area contributed by atoms with Crippen LogP contribution >= 0.6 is 15.9 Å². The first-order valence-corrected chi connectivity index (χ1v) is 14.8. The fourth-order valence-electron chi connectivity index (χ4n) is 3.60. The molecule has 0 spiro atoms. The topological polar surface area (TPSA) is 47.4 Å². The molecule has 1 saturated heterocycles. The molecule has 1 atom stereocenters. The number of ether oxygens (including phenoxy) is 1. The third-order valence-electron chi connectivity index (χ3n) is 5.29. The van der Waals surface area contributed by atoms with Gasteiger partial charge in [-0.2, -0.15) is 5.10 Å². The Morgan fingerprint density at radius 2 is 1.87 bits per heavy atom. The largest absolute Gasteiger partial charge is 0.359 e. The number of piperidine rings is 1. The van der Waals surface area contributed by atoms with E-state index in [4.69, 9.17) is 4.74 Å². The Bertz CT molecular complexity index is 925.